The lowest BCUT2D eigenvalue weighted by atomic mass is 9.89. The van der Waals surface area contributed by atoms with E-state index in [2.05, 4.69) is 28.2 Å². The Morgan fingerprint density at radius 1 is 1.13 bits per heavy atom. The molecule has 4 rings (SSSR count). The average molecular weight is 440 g/mol. The lowest BCUT2D eigenvalue weighted by Crippen LogP contribution is -2.32. The quantitative estimate of drug-likeness (QED) is 0.605. The number of carbonyl (C=O) groups is 2. The summed E-state index contributed by atoms with van der Waals surface area (Å²) in [5.41, 5.74) is 4.39. The topological polar surface area (TPSA) is 62.3 Å². The summed E-state index contributed by atoms with van der Waals surface area (Å²) >= 11 is 1.56. The van der Waals surface area contributed by atoms with Crippen molar-refractivity contribution in [2.24, 2.45) is 5.92 Å². The number of aromatic nitrogens is 1. The molecule has 0 saturated carbocycles. The van der Waals surface area contributed by atoms with Crippen molar-refractivity contribution in [1.82, 2.24) is 9.88 Å². The van der Waals surface area contributed by atoms with Crippen molar-refractivity contribution in [3.63, 3.8) is 0 Å². The van der Waals surface area contributed by atoms with Crippen molar-refractivity contribution in [3.8, 4) is 0 Å². The number of hydrogen-bond donors (Lipinski definition) is 1. The van der Waals surface area contributed by atoms with Gasteiger partial charge in [-0.3, -0.25) is 14.5 Å². The first kappa shape index (κ1) is 22.2. The third-order valence-corrected chi connectivity index (χ3v) is 7.69. The van der Waals surface area contributed by atoms with E-state index in [0.29, 0.717) is 5.13 Å². The summed E-state index contributed by atoms with van der Waals surface area (Å²) < 4.78 is 0. The number of benzene rings is 1. The Kier molecular flexibility index (Phi) is 7.18. The first-order chi connectivity index (χ1) is 15.0. The van der Waals surface area contributed by atoms with Gasteiger partial charge in [-0.25, -0.2) is 4.98 Å². The highest BCUT2D eigenvalue weighted by Crippen LogP contribution is 2.27. The van der Waals surface area contributed by atoms with E-state index in [1.54, 1.807) is 11.3 Å². The van der Waals surface area contributed by atoms with Crippen LogP contribution in [0.2, 0.25) is 0 Å². The number of amides is 1. The Hall–Kier alpha value is -2.05. The van der Waals surface area contributed by atoms with Gasteiger partial charge in [0.2, 0.25) is 5.91 Å². The van der Waals surface area contributed by atoms with E-state index in [9.17, 15) is 9.59 Å². The zero-order chi connectivity index (χ0) is 21.8. The molecule has 0 spiro atoms. The largest absolute Gasteiger partial charge is 0.302 e. The molecule has 2 heterocycles. The maximum Gasteiger partial charge on any atom is 0.226 e. The normalized spacial score (nSPS) is 17.4. The smallest absolute Gasteiger partial charge is 0.226 e. The van der Waals surface area contributed by atoms with Gasteiger partial charge in [-0.1, -0.05) is 19.1 Å². The predicted molar refractivity (Wildman–Crippen MR) is 126 cm³/mol. The second-order valence-corrected chi connectivity index (χ2v) is 10.2. The zero-order valence-corrected chi connectivity index (χ0v) is 19.5. The van der Waals surface area contributed by atoms with Crippen LogP contribution < -0.4 is 5.32 Å². The molecule has 0 bridgehead atoms. The van der Waals surface area contributed by atoms with Gasteiger partial charge < -0.3 is 5.32 Å². The van der Waals surface area contributed by atoms with Crippen molar-refractivity contribution in [1.29, 1.82) is 0 Å². The molecule has 0 unspecified atom stereocenters. The lowest BCUT2D eigenvalue weighted by Gasteiger charge is -2.29. The van der Waals surface area contributed by atoms with E-state index in [1.165, 1.54) is 41.7 Å². The number of ketones is 1. The predicted octanol–water partition coefficient (Wildman–Crippen LogP) is 5.16. The van der Waals surface area contributed by atoms with Gasteiger partial charge >= 0.3 is 0 Å². The monoisotopic (exact) mass is 439 g/mol. The first-order valence-electron chi connectivity index (χ1n) is 11.6. The van der Waals surface area contributed by atoms with Gasteiger partial charge in [0, 0.05) is 29.8 Å². The molecule has 0 radical (unpaired) electrons. The van der Waals surface area contributed by atoms with E-state index < -0.39 is 0 Å². The van der Waals surface area contributed by atoms with Crippen LogP contribution in [-0.4, -0.2) is 34.7 Å². The van der Waals surface area contributed by atoms with E-state index in [0.717, 1.165) is 49.7 Å². The van der Waals surface area contributed by atoms with Gasteiger partial charge in [0.25, 0.3) is 0 Å². The summed E-state index contributed by atoms with van der Waals surface area (Å²) in [6.45, 7) is 7.49. The second kappa shape index (κ2) is 10.0. The number of fused-ring (bicyclic) bond motifs is 1. The van der Waals surface area contributed by atoms with Gasteiger partial charge in [0.15, 0.2) is 10.9 Å². The summed E-state index contributed by atoms with van der Waals surface area (Å²) in [7, 11) is 0. The number of nitrogens with one attached hydrogen (secondary N) is 1. The molecule has 166 valence electrons. The van der Waals surface area contributed by atoms with Crippen LogP contribution in [0.3, 0.4) is 0 Å². The van der Waals surface area contributed by atoms with Gasteiger partial charge in [-0.15, -0.1) is 11.3 Å². The molecule has 1 fully saturated rings. The molecule has 1 saturated heterocycles. The number of aryl methyl sites for hydroxylation is 3. The van der Waals surface area contributed by atoms with E-state index in [4.69, 9.17) is 0 Å². The van der Waals surface area contributed by atoms with Crippen LogP contribution >= 0.6 is 11.3 Å². The molecule has 31 heavy (non-hydrogen) atoms. The minimum atomic E-state index is -0.140. The van der Waals surface area contributed by atoms with Crippen molar-refractivity contribution in [3.05, 3.63) is 45.5 Å². The number of likely N-dealkylation sites (tertiary alicyclic amines) is 1. The lowest BCUT2D eigenvalue weighted by molar-refractivity contribution is -0.116. The van der Waals surface area contributed by atoms with Crippen LogP contribution in [0.1, 0.15) is 77.5 Å². The third-order valence-electron chi connectivity index (χ3n) is 6.63. The Balaban J connectivity index is 1.27. The molecule has 5 nitrogen and oxygen atoms in total. The number of piperidine rings is 1. The highest BCUT2D eigenvalue weighted by Gasteiger charge is 2.19. The average Bonchev–Trinajstić information content (AvgIpc) is 3.11. The Bertz CT molecular complexity index is 944. The maximum absolute atomic E-state index is 12.6. The van der Waals surface area contributed by atoms with E-state index in [1.807, 2.05) is 19.1 Å². The SMILES string of the molecule is Cc1nc(NC(=O)CCC(=O)c2ccc3c(c2)CCCC3)sc1CN1CCC(C)CC1. The molecule has 1 amide bonds. The standard InChI is InChI=1S/C25H33N3O2S/c1-17-11-13-28(14-12-17)16-23-18(2)26-25(31-23)27-24(30)10-9-22(29)21-8-7-19-5-3-4-6-20(19)15-21/h7-8,15,17H,3-6,9-14,16H2,1-2H3,(H,26,27,30). The fourth-order valence-electron chi connectivity index (χ4n) is 4.51. The number of carbonyl (C=O) groups excluding carboxylic acids is 2. The molecular weight excluding hydrogens is 406 g/mol. The number of thiazole rings is 1. The van der Waals surface area contributed by atoms with Crippen LogP contribution in [0, 0.1) is 12.8 Å². The number of hydrogen-bond acceptors (Lipinski definition) is 5. The van der Waals surface area contributed by atoms with E-state index in [-0.39, 0.29) is 24.5 Å². The van der Waals surface area contributed by atoms with Crippen LogP contribution in [0.4, 0.5) is 5.13 Å². The van der Waals surface area contributed by atoms with Crippen molar-refractivity contribution >= 4 is 28.2 Å². The Morgan fingerprint density at radius 3 is 2.65 bits per heavy atom. The summed E-state index contributed by atoms with van der Waals surface area (Å²) in [6, 6.07) is 6.04. The van der Waals surface area contributed by atoms with Crippen LogP contribution in [0.5, 0.6) is 0 Å². The van der Waals surface area contributed by atoms with E-state index >= 15 is 0 Å². The summed E-state index contributed by atoms with van der Waals surface area (Å²) in [5.74, 6) is 0.718. The van der Waals surface area contributed by atoms with Gasteiger partial charge in [0.05, 0.1) is 5.69 Å². The first-order valence-corrected chi connectivity index (χ1v) is 12.4. The Labute approximate surface area is 189 Å². The van der Waals surface area contributed by atoms with Crippen LogP contribution in [-0.2, 0) is 24.2 Å². The molecule has 1 aliphatic heterocycles. The fourth-order valence-corrected chi connectivity index (χ4v) is 5.53. The molecule has 1 aliphatic carbocycles. The molecule has 6 heteroatoms. The number of Topliss-reactive ketones (excluding diaryl/α,β-unsaturated/α-hetero) is 1. The molecule has 0 atom stereocenters. The number of nitrogens with zero attached hydrogens (tertiary/aromatic N) is 2. The molecule has 2 aliphatic rings. The summed E-state index contributed by atoms with van der Waals surface area (Å²) in [6.07, 6.45) is 7.51. The zero-order valence-electron chi connectivity index (χ0n) is 18.7. The minimum absolute atomic E-state index is 0.0406. The van der Waals surface area contributed by atoms with Gasteiger partial charge in [-0.05, 0) is 81.6 Å². The number of rotatable bonds is 7. The van der Waals surface area contributed by atoms with Crippen molar-refractivity contribution in [2.45, 2.75) is 71.8 Å². The molecule has 1 N–H and O–H groups in total. The Morgan fingerprint density at radius 2 is 1.87 bits per heavy atom. The summed E-state index contributed by atoms with van der Waals surface area (Å²) in [4.78, 5) is 33.2. The third kappa shape index (κ3) is 5.80. The number of anilines is 1. The molecule has 1 aromatic heterocycles. The van der Waals surface area contributed by atoms with Crippen molar-refractivity contribution < 1.29 is 9.59 Å². The van der Waals surface area contributed by atoms with Crippen LogP contribution in [0.15, 0.2) is 18.2 Å². The maximum atomic E-state index is 12.6. The minimum Gasteiger partial charge on any atom is -0.302 e. The van der Waals surface area contributed by atoms with Crippen molar-refractivity contribution in [2.75, 3.05) is 18.4 Å². The van der Waals surface area contributed by atoms with Gasteiger partial charge in [0.1, 0.15) is 0 Å². The highest BCUT2D eigenvalue weighted by molar-refractivity contribution is 7.15. The second-order valence-electron chi connectivity index (χ2n) is 9.15. The summed E-state index contributed by atoms with van der Waals surface area (Å²) in [5, 5.41) is 3.54. The fraction of sp³-hybridized carbons (Fsp3) is 0.560. The highest BCUT2D eigenvalue weighted by atomic mass is 32.1. The molecular formula is C25H33N3O2S. The van der Waals surface area contributed by atoms with Crippen LogP contribution in [0.25, 0.3) is 0 Å². The molecule has 1 aromatic carbocycles. The van der Waals surface area contributed by atoms with Gasteiger partial charge in [-0.2, -0.15) is 0 Å². The molecule has 2 aromatic rings.